The fraction of sp³-hybridized carbons (Fsp3) is 0.538. The first-order chi connectivity index (χ1) is 7.22. The second kappa shape index (κ2) is 6.26. The lowest BCUT2D eigenvalue weighted by molar-refractivity contribution is 0.424. The maximum absolute atomic E-state index is 12.8. The van der Waals surface area contributed by atoms with Gasteiger partial charge in [-0.1, -0.05) is 54.8 Å². The minimum Gasteiger partial charge on any atom is -0.207 e. The highest BCUT2D eigenvalue weighted by Crippen LogP contribution is 2.31. The van der Waals surface area contributed by atoms with Gasteiger partial charge in [0.05, 0.1) is 0 Å². The normalized spacial score (nSPS) is 13.1. The quantitative estimate of drug-likeness (QED) is 0.680. The van der Waals surface area contributed by atoms with Gasteiger partial charge in [-0.2, -0.15) is 0 Å². The second-order valence-electron chi connectivity index (χ2n) is 3.89. The fourth-order valence-corrected chi connectivity index (χ4v) is 2.96. The Morgan fingerprint density at radius 3 is 2.07 bits per heavy atom. The molecule has 15 heavy (non-hydrogen) atoms. The van der Waals surface area contributed by atoms with Crippen molar-refractivity contribution in [1.29, 1.82) is 0 Å². The van der Waals surface area contributed by atoms with E-state index in [0.717, 1.165) is 5.33 Å². The van der Waals surface area contributed by atoms with E-state index in [1.165, 1.54) is 18.4 Å². The third-order valence-electron chi connectivity index (χ3n) is 3.08. The SMILES string of the molecule is CCC(CC)C(CBr)c1ccc(F)cc1. The van der Waals surface area contributed by atoms with Gasteiger partial charge in [-0.15, -0.1) is 0 Å². The zero-order valence-electron chi connectivity index (χ0n) is 9.34. The summed E-state index contributed by atoms with van der Waals surface area (Å²) in [5.41, 5.74) is 1.24. The van der Waals surface area contributed by atoms with E-state index in [1.807, 2.05) is 12.1 Å². The number of benzene rings is 1. The van der Waals surface area contributed by atoms with Gasteiger partial charge in [-0.05, 0) is 29.5 Å². The van der Waals surface area contributed by atoms with Crippen LogP contribution in [0.5, 0.6) is 0 Å². The molecular weight excluding hydrogens is 255 g/mol. The van der Waals surface area contributed by atoms with E-state index in [9.17, 15) is 4.39 Å². The van der Waals surface area contributed by atoms with Crippen molar-refractivity contribution < 1.29 is 4.39 Å². The van der Waals surface area contributed by atoms with Crippen LogP contribution in [0.25, 0.3) is 0 Å². The first kappa shape index (κ1) is 12.7. The van der Waals surface area contributed by atoms with Gasteiger partial charge in [-0.3, -0.25) is 0 Å². The largest absolute Gasteiger partial charge is 0.207 e. The maximum atomic E-state index is 12.8. The predicted molar refractivity (Wildman–Crippen MR) is 67.0 cm³/mol. The van der Waals surface area contributed by atoms with Gasteiger partial charge in [0.1, 0.15) is 5.82 Å². The lowest BCUT2D eigenvalue weighted by Crippen LogP contribution is -2.13. The lowest BCUT2D eigenvalue weighted by Gasteiger charge is -2.23. The minimum atomic E-state index is -0.156. The molecule has 0 heterocycles. The van der Waals surface area contributed by atoms with E-state index in [0.29, 0.717) is 11.8 Å². The van der Waals surface area contributed by atoms with Gasteiger partial charge in [0.2, 0.25) is 0 Å². The van der Waals surface area contributed by atoms with Crippen molar-refractivity contribution >= 4 is 15.9 Å². The summed E-state index contributed by atoms with van der Waals surface area (Å²) >= 11 is 3.56. The van der Waals surface area contributed by atoms with Gasteiger partial charge < -0.3 is 0 Å². The molecule has 1 unspecified atom stereocenters. The average molecular weight is 273 g/mol. The molecule has 1 aromatic rings. The molecule has 1 atom stereocenters. The van der Waals surface area contributed by atoms with Crippen LogP contribution in [0.15, 0.2) is 24.3 Å². The highest BCUT2D eigenvalue weighted by atomic mass is 79.9. The van der Waals surface area contributed by atoms with Crippen molar-refractivity contribution in [2.24, 2.45) is 5.92 Å². The van der Waals surface area contributed by atoms with E-state index in [1.54, 1.807) is 12.1 Å². The molecule has 1 rings (SSSR count). The number of halogens is 2. The van der Waals surface area contributed by atoms with Gasteiger partial charge in [0, 0.05) is 5.33 Å². The lowest BCUT2D eigenvalue weighted by atomic mass is 9.84. The Bertz CT molecular complexity index is 277. The first-order valence-electron chi connectivity index (χ1n) is 5.54. The third kappa shape index (κ3) is 3.30. The van der Waals surface area contributed by atoms with E-state index in [-0.39, 0.29) is 5.82 Å². The van der Waals surface area contributed by atoms with Crippen molar-refractivity contribution in [2.45, 2.75) is 32.6 Å². The molecule has 0 aliphatic heterocycles. The monoisotopic (exact) mass is 272 g/mol. The molecule has 0 fully saturated rings. The standard InChI is InChI=1S/C13H18BrF/c1-3-10(4-2)13(9-14)11-5-7-12(15)8-6-11/h5-8,10,13H,3-4,9H2,1-2H3. The second-order valence-corrected chi connectivity index (χ2v) is 4.54. The molecule has 0 spiro atoms. The van der Waals surface area contributed by atoms with Crippen LogP contribution in [0.2, 0.25) is 0 Å². The Labute approximate surface area is 100 Å². The fourth-order valence-electron chi connectivity index (χ4n) is 2.05. The van der Waals surface area contributed by atoms with Crippen LogP contribution < -0.4 is 0 Å². The van der Waals surface area contributed by atoms with Crippen LogP contribution in [-0.4, -0.2) is 5.33 Å². The van der Waals surface area contributed by atoms with Crippen molar-refractivity contribution in [3.8, 4) is 0 Å². The van der Waals surface area contributed by atoms with Gasteiger partial charge in [0.25, 0.3) is 0 Å². The predicted octanol–water partition coefficient (Wildman–Crippen LogP) is 4.74. The summed E-state index contributed by atoms with van der Waals surface area (Å²) in [4.78, 5) is 0. The molecular formula is C13H18BrF. The molecule has 0 nitrogen and oxygen atoms in total. The van der Waals surface area contributed by atoms with Crippen LogP contribution in [0.1, 0.15) is 38.2 Å². The maximum Gasteiger partial charge on any atom is 0.123 e. The number of hydrogen-bond donors (Lipinski definition) is 0. The van der Waals surface area contributed by atoms with Crippen molar-refractivity contribution in [2.75, 3.05) is 5.33 Å². The molecule has 0 bridgehead atoms. The van der Waals surface area contributed by atoms with E-state index < -0.39 is 0 Å². The molecule has 0 amide bonds. The van der Waals surface area contributed by atoms with Gasteiger partial charge in [-0.25, -0.2) is 4.39 Å². The summed E-state index contributed by atoms with van der Waals surface area (Å²) in [6.45, 7) is 4.43. The zero-order valence-corrected chi connectivity index (χ0v) is 10.9. The number of hydrogen-bond acceptors (Lipinski definition) is 0. The number of rotatable bonds is 5. The van der Waals surface area contributed by atoms with Crippen molar-refractivity contribution in [3.05, 3.63) is 35.6 Å². The van der Waals surface area contributed by atoms with Crippen LogP contribution in [-0.2, 0) is 0 Å². The molecule has 0 saturated carbocycles. The van der Waals surface area contributed by atoms with Gasteiger partial charge >= 0.3 is 0 Å². The summed E-state index contributed by atoms with van der Waals surface area (Å²) in [6.07, 6.45) is 2.34. The highest BCUT2D eigenvalue weighted by Gasteiger charge is 2.18. The van der Waals surface area contributed by atoms with Crippen LogP contribution in [0.3, 0.4) is 0 Å². The summed E-state index contributed by atoms with van der Waals surface area (Å²) in [5.74, 6) is 1.02. The van der Waals surface area contributed by atoms with Crippen molar-refractivity contribution in [1.82, 2.24) is 0 Å². The summed E-state index contributed by atoms with van der Waals surface area (Å²) < 4.78 is 12.8. The zero-order chi connectivity index (χ0) is 11.3. The Balaban J connectivity index is 2.86. The highest BCUT2D eigenvalue weighted by molar-refractivity contribution is 9.09. The Morgan fingerprint density at radius 1 is 1.13 bits per heavy atom. The average Bonchev–Trinajstić information content (AvgIpc) is 2.27. The van der Waals surface area contributed by atoms with E-state index in [2.05, 4.69) is 29.8 Å². The van der Waals surface area contributed by atoms with Crippen LogP contribution in [0.4, 0.5) is 4.39 Å². The molecule has 0 radical (unpaired) electrons. The summed E-state index contributed by atoms with van der Waals surface area (Å²) in [5, 5.41) is 0.949. The van der Waals surface area contributed by atoms with E-state index >= 15 is 0 Å². The molecule has 2 heteroatoms. The molecule has 0 aliphatic carbocycles. The van der Waals surface area contributed by atoms with Crippen molar-refractivity contribution in [3.63, 3.8) is 0 Å². The Kier molecular flexibility index (Phi) is 5.30. The molecule has 84 valence electrons. The smallest absolute Gasteiger partial charge is 0.123 e. The molecule has 1 aromatic carbocycles. The summed E-state index contributed by atoms with van der Waals surface area (Å²) in [6, 6.07) is 6.90. The Hall–Kier alpha value is -0.370. The summed E-state index contributed by atoms with van der Waals surface area (Å²) in [7, 11) is 0. The molecule has 0 aliphatic rings. The number of alkyl halides is 1. The third-order valence-corrected chi connectivity index (χ3v) is 3.78. The van der Waals surface area contributed by atoms with Crippen LogP contribution >= 0.6 is 15.9 Å². The first-order valence-corrected chi connectivity index (χ1v) is 6.66. The van der Waals surface area contributed by atoms with E-state index in [4.69, 9.17) is 0 Å². The minimum absolute atomic E-state index is 0.156. The van der Waals surface area contributed by atoms with Crippen LogP contribution in [0, 0.1) is 11.7 Å². The topological polar surface area (TPSA) is 0 Å². The molecule has 0 saturated heterocycles. The van der Waals surface area contributed by atoms with Gasteiger partial charge in [0.15, 0.2) is 0 Å². The molecule has 0 aromatic heterocycles. The molecule has 0 N–H and O–H groups in total. The Morgan fingerprint density at radius 2 is 1.67 bits per heavy atom.